The zero-order valence-corrected chi connectivity index (χ0v) is 12.8. The first-order chi connectivity index (χ1) is 10.6. The fourth-order valence-electron chi connectivity index (χ4n) is 2.66. The number of rotatable bonds is 3. The van der Waals surface area contributed by atoms with Gasteiger partial charge in [-0.3, -0.25) is 9.59 Å². The van der Waals surface area contributed by atoms with Gasteiger partial charge >= 0.3 is 0 Å². The van der Waals surface area contributed by atoms with Crippen molar-refractivity contribution >= 4 is 17.5 Å². The molecule has 1 aromatic carbocycles. The summed E-state index contributed by atoms with van der Waals surface area (Å²) in [6.45, 7) is 2.36. The fraction of sp³-hybridized carbons (Fsp3) is 0.471. The lowest BCUT2D eigenvalue weighted by atomic mass is 10.1. The third-order valence-electron chi connectivity index (χ3n) is 4.01. The van der Waals surface area contributed by atoms with Gasteiger partial charge in [-0.05, 0) is 31.9 Å². The number of anilines is 1. The first-order valence-corrected chi connectivity index (χ1v) is 7.73. The number of benzene rings is 1. The van der Waals surface area contributed by atoms with Gasteiger partial charge in [0.15, 0.2) is 0 Å². The third kappa shape index (κ3) is 3.85. The van der Waals surface area contributed by atoms with Crippen LogP contribution in [0, 0.1) is 11.3 Å². The zero-order chi connectivity index (χ0) is 15.9. The topological polar surface area (TPSA) is 73.2 Å². The van der Waals surface area contributed by atoms with Gasteiger partial charge in [0.1, 0.15) is 12.1 Å². The first-order valence-electron chi connectivity index (χ1n) is 7.73. The smallest absolute Gasteiger partial charge is 0.246 e. The molecule has 1 N–H and O–H groups in total. The Morgan fingerprint density at radius 1 is 1.27 bits per heavy atom. The summed E-state index contributed by atoms with van der Waals surface area (Å²) in [5.74, 6) is -0.215. The number of nitrogens with one attached hydrogen (secondary N) is 1. The van der Waals surface area contributed by atoms with Crippen molar-refractivity contribution in [1.29, 1.82) is 5.26 Å². The van der Waals surface area contributed by atoms with Crippen LogP contribution in [0.4, 0.5) is 5.69 Å². The van der Waals surface area contributed by atoms with E-state index >= 15 is 0 Å². The van der Waals surface area contributed by atoms with Crippen molar-refractivity contribution in [2.45, 2.75) is 45.1 Å². The van der Waals surface area contributed by atoms with Gasteiger partial charge in [0.05, 0.1) is 11.3 Å². The summed E-state index contributed by atoms with van der Waals surface area (Å²) in [5, 5.41) is 11.8. The highest BCUT2D eigenvalue weighted by atomic mass is 16.2. The monoisotopic (exact) mass is 299 g/mol. The molecule has 0 bridgehead atoms. The number of nitrogens with zero attached hydrogens (tertiary/aromatic N) is 2. The minimum atomic E-state index is -0.530. The lowest BCUT2D eigenvalue weighted by Gasteiger charge is -2.30. The molecular weight excluding hydrogens is 278 g/mol. The molecule has 1 fully saturated rings. The average Bonchev–Trinajstić information content (AvgIpc) is 2.51. The number of hydrogen-bond acceptors (Lipinski definition) is 3. The Morgan fingerprint density at radius 2 is 2.00 bits per heavy atom. The summed E-state index contributed by atoms with van der Waals surface area (Å²) < 4.78 is 0. The molecule has 0 saturated carbocycles. The predicted molar refractivity (Wildman–Crippen MR) is 84.0 cm³/mol. The molecule has 1 aliphatic rings. The Morgan fingerprint density at radius 3 is 2.77 bits per heavy atom. The molecule has 1 aromatic rings. The number of carbonyl (C=O) groups excluding carboxylic acids is 2. The van der Waals surface area contributed by atoms with Crippen molar-refractivity contribution in [3.63, 3.8) is 0 Å². The van der Waals surface area contributed by atoms with E-state index in [9.17, 15) is 9.59 Å². The molecule has 116 valence electrons. The maximum Gasteiger partial charge on any atom is 0.246 e. The lowest BCUT2D eigenvalue weighted by molar-refractivity contribution is -0.138. The molecule has 1 heterocycles. The number of hydrogen-bond donors (Lipinski definition) is 1. The van der Waals surface area contributed by atoms with Gasteiger partial charge in [0.25, 0.3) is 0 Å². The van der Waals surface area contributed by atoms with E-state index in [-0.39, 0.29) is 11.8 Å². The Hall–Kier alpha value is -2.35. The molecule has 0 radical (unpaired) electrons. The number of carbonyl (C=O) groups is 2. The van der Waals surface area contributed by atoms with Crippen LogP contribution in [-0.4, -0.2) is 29.3 Å². The van der Waals surface area contributed by atoms with Crippen LogP contribution in [0.15, 0.2) is 24.3 Å². The van der Waals surface area contributed by atoms with Gasteiger partial charge in [0.2, 0.25) is 11.8 Å². The molecule has 0 spiro atoms. The minimum Gasteiger partial charge on any atom is -0.331 e. The first kappa shape index (κ1) is 16.0. The van der Waals surface area contributed by atoms with Gasteiger partial charge in [0, 0.05) is 13.0 Å². The van der Waals surface area contributed by atoms with Crippen LogP contribution in [0.5, 0.6) is 0 Å². The summed E-state index contributed by atoms with van der Waals surface area (Å²) in [6, 6.07) is 8.38. The Labute approximate surface area is 130 Å². The maximum absolute atomic E-state index is 12.4. The summed E-state index contributed by atoms with van der Waals surface area (Å²) in [7, 11) is 0. The van der Waals surface area contributed by atoms with E-state index in [1.165, 1.54) is 0 Å². The van der Waals surface area contributed by atoms with Gasteiger partial charge in [-0.25, -0.2) is 0 Å². The Kier molecular flexibility index (Phi) is 5.54. The maximum atomic E-state index is 12.4. The highest BCUT2D eigenvalue weighted by Gasteiger charge is 2.26. The third-order valence-corrected chi connectivity index (χ3v) is 4.01. The normalized spacial score (nSPS) is 17.1. The van der Waals surface area contributed by atoms with Crippen LogP contribution in [0.2, 0.25) is 0 Å². The molecule has 1 aliphatic heterocycles. The number of amides is 2. The van der Waals surface area contributed by atoms with Crippen molar-refractivity contribution in [2.75, 3.05) is 11.9 Å². The van der Waals surface area contributed by atoms with E-state index in [2.05, 4.69) is 11.4 Å². The summed E-state index contributed by atoms with van der Waals surface area (Å²) in [5.41, 5.74) is 0.906. The van der Waals surface area contributed by atoms with Crippen molar-refractivity contribution in [3.05, 3.63) is 29.8 Å². The molecule has 0 aromatic heterocycles. The molecule has 22 heavy (non-hydrogen) atoms. The quantitative estimate of drug-likeness (QED) is 0.932. The van der Waals surface area contributed by atoms with E-state index in [4.69, 9.17) is 5.26 Å². The molecule has 1 unspecified atom stereocenters. The summed E-state index contributed by atoms with van der Waals surface area (Å²) in [4.78, 5) is 26.2. The molecule has 2 rings (SSSR count). The standard InChI is InChI=1S/C17H21N3O2/c1-13(20-11-7-3-2-4-10-16(20)21)17(22)19-15-9-6-5-8-14(15)12-18/h5-6,8-9,13H,2-4,7,10-11H2,1H3,(H,19,22). The summed E-state index contributed by atoms with van der Waals surface area (Å²) >= 11 is 0. The SMILES string of the molecule is CC(C(=O)Nc1ccccc1C#N)N1CCCCCCC1=O. The molecule has 1 saturated heterocycles. The Balaban J connectivity index is 2.07. The second-order valence-electron chi connectivity index (χ2n) is 5.57. The van der Waals surface area contributed by atoms with Crippen LogP contribution in [-0.2, 0) is 9.59 Å². The van der Waals surface area contributed by atoms with Crippen LogP contribution >= 0.6 is 0 Å². The van der Waals surface area contributed by atoms with Gasteiger partial charge in [-0.2, -0.15) is 5.26 Å². The molecule has 5 heteroatoms. The predicted octanol–water partition coefficient (Wildman–Crippen LogP) is 2.68. The minimum absolute atomic E-state index is 0.0379. The molecule has 0 aliphatic carbocycles. The van der Waals surface area contributed by atoms with Crippen LogP contribution in [0.3, 0.4) is 0 Å². The molecule has 5 nitrogen and oxygen atoms in total. The second kappa shape index (κ2) is 7.60. The van der Waals surface area contributed by atoms with Crippen molar-refractivity contribution in [3.8, 4) is 6.07 Å². The van der Waals surface area contributed by atoms with Crippen LogP contribution < -0.4 is 5.32 Å². The molecule has 2 amide bonds. The van der Waals surface area contributed by atoms with Crippen molar-refractivity contribution < 1.29 is 9.59 Å². The molecule has 1 atom stereocenters. The van der Waals surface area contributed by atoms with Gasteiger partial charge in [-0.1, -0.05) is 25.0 Å². The number of para-hydroxylation sites is 1. The Bertz CT molecular complexity index is 592. The fourth-order valence-corrected chi connectivity index (χ4v) is 2.66. The van der Waals surface area contributed by atoms with E-state index < -0.39 is 6.04 Å². The van der Waals surface area contributed by atoms with Gasteiger partial charge < -0.3 is 10.2 Å². The average molecular weight is 299 g/mol. The largest absolute Gasteiger partial charge is 0.331 e. The zero-order valence-electron chi connectivity index (χ0n) is 12.8. The van der Waals surface area contributed by atoms with Crippen molar-refractivity contribution in [1.82, 2.24) is 4.90 Å². The van der Waals surface area contributed by atoms with E-state index in [0.717, 1.165) is 25.7 Å². The number of likely N-dealkylation sites (tertiary alicyclic amines) is 1. The van der Waals surface area contributed by atoms with Crippen LogP contribution in [0.1, 0.15) is 44.6 Å². The van der Waals surface area contributed by atoms with E-state index in [0.29, 0.717) is 24.2 Å². The van der Waals surface area contributed by atoms with Crippen molar-refractivity contribution in [2.24, 2.45) is 0 Å². The highest BCUT2D eigenvalue weighted by Crippen LogP contribution is 2.17. The second-order valence-corrected chi connectivity index (χ2v) is 5.57. The van der Waals surface area contributed by atoms with E-state index in [1.54, 1.807) is 36.1 Å². The highest BCUT2D eigenvalue weighted by molar-refractivity contribution is 5.97. The summed E-state index contributed by atoms with van der Waals surface area (Å²) in [6.07, 6.45) is 4.50. The number of nitriles is 1. The van der Waals surface area contributed by atoms with Gasteiger partial charge in [-0.15, -0.1) is 0 Å². The van der Waals surface area contributed by atoms with Crippen LogP contribution in [0.25, 0.3) is 0 Å². The lowest BCUT2D eigenvalue weighted by Crippen LogP contribution is -2.46. The molecular formula is C17H21N3O2. The van der Waals surface area contributed by atoms with E-state index in [1.807, 2.05) is 0 Å².